The summed E-state index contributed by atoms with van der Waals surface area (Å²) < 4.78 is 16.7. The third-order valence-electron chi connectivity index (χ3n) is 2.98. The molecule has 114 valence electrons. The molecule has 1 heterocycles. The van der Waals surface area contributed by atoms with E-state index in [2.05, 4.69) is 4.98 Å². The molecule has 0 spiro atoms. The van der Waals surface area contributed by atoms with Gasteiger partial charge in [0, 0.05) is 6.20 Å². The predicted molar refractivity (Wildman–Crippen MR) is 83.5 cm³/mol. The van der Waals surface area contributed by atoms with Crippen molar-refractivity contribution in [1.82, 2.24) is 4.98 Å². The van der Waals surface area contributed by atoms with Gasteiger partial charge in [-0.1, -0.05) is 0 Å². The van der Waals surface area contributed by atoms with Gasteiger partial charge in [-0.25, -0.2) is 4.98 Å². The summed E-state index contributed by atoms with van der Waals surface area (Å²) >= 11 is 1.61. The van der Waals surface area contributed by atoms with Gasteiger partial charge in [0.05, 0.1) is 24.1 Å². The molecule has 0 radical (unpaired) electrons. The number of nitrogens with zero attached hydrogens (tertiary/aromatic N) is 1. The lowest BCUT2D eigenvalue weighted by Crippen LogP contribution is -2.05. The van der Waals surface area contributed by atoms with E-state index in [9.17, 15) is 0 Å². The molecule has 0 unspecified atom stereocenters. The van der Waals surface area contributed by atoms with Crippen molar-refractivity contribution in [2.45, 2.75) is 20.0 Å². The average molecular weight is 308 g/mol. The van der Waals surface area contributed by atoms with Gasteiger partial charge in [0.1, 0.15) is 6.61 Å². The minimum absolute atomic E-state index is 0.439. The highest BCUT2D eigenvalue weighted by Crippen LogP contribution is 2.39. The third-order valence-corrected chi connectivity index (χ3v) is 3.87. The summed E-state index contributed by atoms with van der Waals surface area (Å²) in [7, 11) is 3.23. The maximum Gasteiger partial charge on any atom is 0.203 e. The Balaban J connectivity index is 2.23. The summed E-state index contributed by atoms with van der Waals surface area (Å²) in [5.74, 6) is 1.91. The van der Waals surface area contributed by atoms with Gasteiger partial charge in [-0.15, -0.1) is 11.3 Å². The summed E-state index contributed by atoms with van der Waals surface area (Å²) in [6.45, 7) is 2.98. The first-order valence-corrected chi connectivity index (χ1v) is 7.48. The second kappa shape index (κ2) is 7.28. The second-order valence-corrected chi connectivity index (χ2v) is 5.82. The van der Waals surface area contributed by atoms with Gasteiger partial charge in [0.15, 0.2) is 11.5 Å². The van der Waals surface area contributed by atoms with Crippen LogP contribution in [0.2, 0.25) is 0 Å². The van der Waals surface area contributed by atoms with Gasteiger partial charge in [-0.2, -0.15) is 0 Å². The van der Waals surface area contributed by atoms with E-state index in [0.29, 0.717) is 30.4 Å². The van der Waals surface area contributed by atoms with E-state index in [1.165, 1.54) is 0 Å². The fourth-order valence-electron chi connectivity index (χ4n) is 2.00. The normalized spacial score (nSPS) is 10.5. The van der Waals surface area contributed by atoms with Crippen molar-refractivity contribution in [2.24, 2.45) is 5.73 Å². The lowest BCUT2D eigenvalue weighted by Gasteiger charge is -2.15. The van der Waals surface area contributed by atoms with Crippen LogP contribution in [0, 0.1) is 6.92 Å². The highest BCUT2D eigenvalue weighted by Gasteiger charge is 2.14. The molecule has 2 N–H and O–H groups in total. The quantitative estimate of drug-likeness (QED) is 0.851. The van der Waals surface area contributed by atoms with Crippen molar-refractivity contribution in [1.29, 1.82) is 0 Å². The number of aryl methyl sites for hydroxylation is 1. The summed E-state index contributed by atoms with van der Waals surface area (Å²) in [5.41, 5.74) is 6.66. The van der Waals surface area contributed by atoms with Crippen molar-refractivity contribution < 1.29 is 14.2 Å². The number of rotatable bonds is 7. The highest BCUT2D eigenvalue weighted by molar-refractivity contribution is 7.11. The molecule has 1 aromatic heterocycles. The van der Waals surface area contributed by atoms with Crippen LogP contribution >= 0.6 is 11.3 Å². The SMILES string of the molecule is COc1cc(CCN)cc(OC)c1OCc1cnc(C)s1. The van der Waals surface area contributed by atoms with Crippen molar-refractivity contribution in [3.8, 4) is 17.2 Å². The molecule has 0 aliphatic carbocycles. The van der Waals surface area contributed by atoms with Crippen LogP contribution in [0.15, 0.2) is 18.3 Å². The topological polar surface area (TPSA) is 66.6 Å². The van der Waals surface area contributed by atoms with Gasteiger partial charge in [-0.05, 0) is 37.6 Å². The predicted octanol–water partition coefficient (Wildman–Crippen LogP) is 2.55. The maximum absolute atomic E-state index is 5.87. The Hall–Kier alpha value is -1.79. The van der Waals surface area contributed by atoms with Gasteiger partial charge < -0.3 is 19.9 Å². The minimum atomic E-state index is 0.439. The maximum atomic E-state index is 5.87. The van der Waals surface area contributed by atoms with Gasteiger partial charge in [0.25, 0.3) is 0 Å². The molecule has 0 fully saturated rings. The Morgan fingerprint density at radius 3 is 2.33 bits per heavy atom. The largest absolute Gasteiger partial charge is 0.493 e. The molecule has 0 amide bonds. The molecule has 0 bridgehead atoms. The van der Waals surface area contributed by atoms with Crippen LogP contribution in [-0.2, 0) is 13.0 Å². The van der Waals surface area contributed by atoms with Crippen molar-refractivity contribution in [3.05, 3.63) is 33.8 Å². The van der Waals surface area contributed by atoms with Crippen molar-refractivity contribution in [2.75, 3.05) is 20.8 Å². The van der Waals surface area contributed by atoms with Crippen LogP contribution < -0.4 is 19.9 Å². The number of hydrogen-bond acceptors (Lipinski definition) is 6. The van der Waals surface area contributed by atoms with E-state index < -0.39 is 0 Å². The molecule has 2 aromatic rings. The number of thiazole rings is 1. The van der Waals surface area contributed by atoms with Crippen LogP contribution in [0.1, 0.15) is 15.4 Å². The Morgan fingerprint density at radius 2 is 1.86 bits per heavy atom. The van der Waals surface area contributed by atoms with Crippen LogP contribution in [0.4, 0.5) is 0 Å². The Kier molecular flexibility index (Phi) is 5.41. The molecule has 0 aliphatic rings. The zero-order valence-electron chi connectivity index (χ0n) is 12.5. The van der Waals surface area contributed by atoms with Crippen molar-refractivity contribution in [3.63, 3.8) is 0 Å². The van der Waals surface area contributed by atoms with E-state index in [1.807, 2.05) is 25.3 Å². The Bertz CT molecular complexity index is 573. The number of hydrogen-bond donors (Lipinski definition) is 1. The Morgan fingerprint density at radius 1 is 1.19 bits per heavy atom. The van der Waals surface area contributed by atoms with Crippen LogP contribution in [0.5, 0.6) is 17.2 Å². The van der Waals surface area contributed by atoms with E-state index in [-0.39, 0.29) is 0 Å². The molecule has 0 aliphatic heterocycles. The fraction of sp³-hybridized carbons (Fsp3) is 0.400. The monoisotopic (exact) mass is 308 g/mol. The van der Waals surface area contributed by atoms with Crippen molar-refractivity contribution >= 4 is 11.3 Å². The first kappa shape index (κ1) is 15.6. The lowest BCUT2D eigenvalue weighted by atomic mass is 10.1. The van der Waals surface area contributed by atoms with Gasteiger partial charge >= 0.3 is 0 Å². The molecule has 0 saturated heterocycles. The molecule has 1 aromatic carbocycles. The summed E-state index contributed by atoms with van der Waals surface area (Å²) in [6, 6.07) is 3.87. The van der Waals surface area contributed by atoms with Crippen LogP contribution in [-0.4, -0.2) is 25.7 Å². The van der Waals surface area contributed by atoms with Crippen LogP contribution in [0.25, 0.3) is 0 Å². The van der Waals surface area contributed by atoms with Crippen LogP contribution in [0.3, 0.4) is 0 Å². The first-order valence-electron chi connectivity index (χ1n) is 6.67. The molecular weight excluding hydrogens is 288 g/mol. The molecule has 6 heteroatoms. The smallest absolute Gasteiger partial charge is 0.203 e. The third kappa shape index (κ3) is 3.86. The summed E-state index contributed by atoms with van der Waals surface area (Å²) in [6.07, 6.45) is 2.59. The molecule has 5 nitrogen and oxygen atoms in total. The zero-order valence-corrected chi connectivity index (χ0v) is 13.3. The number of ether oxygens (including phenoxy) is 3. The standard InChI is InChI=1S/C15H20N2O3S/c1-10-17-8-12(21-10)9-20-15-13(18-2)6-11(4-5-16)7-14(15)19-3/h6-8H,4-5,9,16H2,1-3H3. The molecule has 0 atom stereocenters. The number of nitrogens with two attached hydrogens (primary N) is 1. The number of methoxy groups -OCH3 is 2. The minimum Gasteiger partial charge on any atom is -0.493 e. The fourth-order valence-corrected chi connectivity index (χ4v) is 2.71. The molecular formula is C15H20N2O3S. The van der Waals surface area contributed by atoms with E-state index >= 15 is 0 Å². The number of benzene rings is 1. The average Bonchev–Trinajstić information content (AvgIpc) is 2.90. The molecule has 21 heavy (non-hydrogen) atoms. The zero-order chi connectivity index (χ0) is 15.2. The second-order valence-electron chi connectivity index (χ2n) is 4.50. The molecule has 2 rings (SSSR count). The van der Waals surface area contributed by atoms with Gasteiger partial charge in [-0.3, -0.25) is 0 Å². The van der Waals surface area contributed by atoms with E-state index in [4.69, 9.17) is 19.9 Å². The summed E-state index contributed by atoms with van der Waals surface area (Å²) in [4.78, 5) is 5.27. The van der Waals surface area contributed by atoms with Gasteiger partial charge in [0.2, 0.25) is 5.75 Å². The number of aromatic nitrogens is 1. The highest BCUT2D eigenvalue weighted by atomic mass is 32.1. The van der Waals surface area contributed by atoms with E-state index in [0.717, 1.165) is 21.9 Å². The summed E-state index contributed by atoms with van der Waals surface area (Å²) in [5, 5.41) is 1.02. The molecule has 0 saturated carbocycles. The lowest BCUT2D eigenvalue weighted by molar-refractivity contribution is 0.268. The Labute approximate surface area is 128 Å². The first-order chi connectivity index (χ1) is 10.2. The van der Waals surface area contributed by atoms with E-state index in [1.54, 1.807) is 25.6 Å².